The van der Waals surface area contributed by atoms with Gasteiger partial charge in [-0.15, -0.1) is 0 Å². The van der Waals surface area contributed by atoms with E-state index in [4.69, 9.17) is 10.5 Å². The van der Waals surface area contributed by atoms with E-state index in [2.05, 4.69) is 0 Å². The molecule has 0 atom stereocenters. The summed E-state index contributed by atoms with van der Waals surface area (Å²) in [6, 6.07) is 3.94. The van der Waals surface area contributed by atoms with Gasteiger partial charge in [0.15, 0.2) is 0 Å². The van der Waals surface area contributed by atoms with Gasteiger partial charge in [-0.2, -0.15) is 0 Å². The SMILES string of the molecule is N#Cc1c[te]cc1C#N. The Morgan fingerprint density at radius 2 is 1.56 bits per heavy atom. The molecule has 1 aromatic rings. The van der Waals surface area contributed by atoms with Gasteiger partial charge >= 0.3 is 62.4 Å². The van der Waals surface area contributed by atoms with Crippen LogP contribution in [0.4, 0.5) is 0 Å². The molecule has 0 aliphatic rings. The molecule has 1 rings (SSSR count). The van der Waals surface area contributed by atoms with E-state index in [0.29, 0.717) is 11.1 Å². The summed E-state index contributed by atoms with van der Waals surface area (Å²) in [7, 11) is 0. The second-order valence-corrected chi connectivity index (χ2v) is 3.54. The normalized spacial score (nSPS) is 7.78. The molecule has 3 heteroatoms. The fourth-order valence-corrected chi connectivity index (χ4v) is 2.47. The molecule has 0 bridgehead atoms. The first kappa shape index (κ1) is 6.37. The Kier molecular flexibility index (Phi) is 1.91. The molecular weight excluding hydrogens is 228 g/mol. The Labute approximate surface area is 62.6 Å². The van der Waals surface area contributed by atoms with Crippen LogP contribution in [0, 0.1) is 22.7 Å². The van der Waals surface area contributed by atoms with E-state index < -0.39 is 0 Å². The second kappa shape index (κ2) is 2.70. The molecule has 0 radical (unpaired) electrons. The van der Waals surface area contributed by atoms with Crippen molar-refractivity contribution < 1.29 is 0 Å². The molecule has 1 heterocycles. The van der Waals surface area contributed by atoms with Crippen LogP contribution in [0.1, 0.15) is 11.1 Å². The van der Waals surface area contributed by atoms with Crippen molar-refractivity contribution >= 4 is 20.4 Å². The van der Waals surface area contributed by atoms with Crippen LogP contribution in [0.25, 0.3) is 0 Å². The van der Waals surface area contributed by atoms with Gasteiger partial charge in [0, 0.05) is 0 Å². The van der Waals surface area contributed by atoms with Crippen molar-refractivity contribution in [3.63, 3.8) is 0 Å². The zero-order valence-electron chi connectivity index (χ0n) is 4.46. The average Bonchev–Trinajstić information content (AvgIpc) is 2.33. The van der Waals surface area contributed by atoms with Gasteiger partial charge < -0.3 is 0 Å². The molecule has 0 aromatic carbocycles. The summed E-state index contributed by atoms with van der Waals surface area (Å²) < 4.78 is 3.76. The summed E-state index contributed by atoms with van der Waals surface area (Å²) in [6.45, 7) is 0. The third-order valence-electron chi connectivity index (χ3n) is 0.903. The van der Waals surface area contributed by atoms with Crippen LogP contribution in [0.2, 0.25) is 0 Å². The maximum atomic E-state index is 8.38. The van der Waals surface area contributed by atoms with Crippen LogP contribution in [-0.2, 0) is 0 Å². The van der Waals surface area contributed by atoms with Gasteiger partial charge in [-0.3, -0.25) is 0 Å². The first-order valence-corrected chi connectivity index (χ1v) is 4.94. The zero-order chi connectivity index (χ0) is 6.69. The summed E-state index contributed by atoms with van der Waals surface area (Å²) in [6.07, 6.45) is 0. The Bertz CT molecular complexity index is 258. The van der Waals surface area contributed by atoms with Gasteiger partial charge in [0.1, 0.15) is 0 Å². The van der Waals surface area contributed by atoms with E-state index in [1.165, 1.54) is 0 Å². The molecule has 0 N–H and O–H groups in total. The number of rotatable bonds is 0. The average molecular weight is 230 g/mol. The summed E-state index contributed by atoms with van der Waals surface area (Å²) in [5.41, 5.74) is 1.14. The molecule has 42 valence electrons. The van der Waals surface area contributed by atoms with Crippen LogP contribution >= 0.6 is 0 Å². The monoisotopic (exact) mass is 232 g/mol. The van der Waals surface area contributed by atoms with E-state index >= 15 is 0 Å². The molecule has 2 nitrogen and oxygen atoms in total. The van der Waals surface area contributed by atoms with Gasteiger partial charge in [-0.05, 0) is 0 Å². The number of nitrogens with zero attached hydrogens (tertiary/aromatic N) is 2. The first-order chi connectivity index (χ1) is 4.38. The molecule has 0 spiro atoms. The summed E-state index contributed by atoms with van der Waals surface area (Å²) in [5, 5.41) is 16.8. The molecule has 0 saturated carbocycles. The maximum absolute atomic E-state index is 8.38. The molecule has 0 aliphatic heterocycles. The van der Waals surface area contributed by atoms with E-state index in [9.17, 15) is 0 Å². The quantitative estimate of drug-likeness (QED) is 0.608. The predicted molar refractivity (Wildman–Crippen MR) is 32.8 cm³/mol. The van der Waals surface area contributed by atoms with Crippen molar-refractivity contribution in [1.29, 1.82) is 10.5 Å². The van der Waals surface area contributed by atoms with Gasteiger partial charge in [-0.1, -0.05) is 0 Å². The third kappa shape index (κ3) is 1.14. The number of nitriles is 2. The van der Waals surface area contributed by atoms with Crippen molar-refractivity contribution in [2.24, 2.45) is 0 Å². The first-order valence-electron chi connectivity index (χ1n) is 2.25. The summed E-state index contributed by atoms with van der Waals surface area (Å²) in [5.74, 6) is 0. The fraction of sp³-hybridized carbons (Fsp3) is 0. The van der Waals surface area contributed by atoms with Crippen molar-refractivity contribution in [3.05, 3.63) is 19.3 Å². The molecule has 0 fully saturated rings. The Balaban J connectivity index is 3.22. The van der Waals surface area contributed by atoms with Gasteiger partial charge in [0.2, 0.25) is 0 Å². The summed E-state index contributed by atoms with van der Waals surface area (Å²) in [4.78, 5) is 0. The topological polar surface area (TPSA) is 47.6 Å². The molecule has 0 saturated heterocycles. The van der Waals surface area contributed by atoms with Crippen LogP contribution in [0.15, 0.2) is 8.16 Å². The molecular formula is C6H2N2Te. The van der Waals surface area contributed by atoms with Crippen molar-refractivity contribution in [2.75, 3.05) is 0 Å². The van der Waals surface area contributed by atoms with Crippen LogP contribution in [0.3, 0.4) is 0 Å². The Morgan fingerprint density at radius 1 is 1.11 bits per heavy atom. The van der Waals surface area contributed by atoms with Crippen molar-refractivity contribution in [1.82, 2.24) is 0 Å². The Hall–Kier alpha value is -0.750. The third-order valence-corrected chi connectivity index (χ3v) is 3.03. The summed E-state index contributed by atoms with van der Waals surface area (Å²) >= 11 is -0.274. The Morgan fingerprint density at radius 3 is 1.89 bits per heavy atom. The van der Waals surface area contributed by atoms with Crippen LogP contribution in [-0.4, -0.2) is 20.4 Å². The molecule has 1 aromatic heterocycles. The molecule has 9 heavy (non-hydrogen) atoms. The minimum absolute atomic E-state index is 0.274. The number of hydrogen-bond donors (Lipinski definition) is 0. The van der Waals surface area contributed by atoms with Crippen LogP contribution < -0.4 is 0 Å². The predicted octanol–water partition coefficient (Wildman–Crippen LogP) is 0.487. The van der Waals surface area contributed by atoms with Gasteiger partial charge in [0.05, 0.1) is 0 Å². The van der Waals surface area contributed by atoms with E-state index in [1.807, 2.05) is 20.3 Å². The minimum atomic E-state index is -0.274. The zero-order valence-corrected chi connectivity index (χ0v) is 6.79. The molecule has 0 unspecified atom stereocenters. The van der Waals surface area contributed by atoms with Crippen molar-refractivity contribution in [2.45, 2.75) is 0 Å². The molecule has 0 aliphatic carbocycles. The standard InChI is InChI=1S/C6H2N2Te/c7-1-5-3-9-4-6(5)2-8/h3-4H. The van der Waals surface area contributed by atoms with E-state index in [0.717, 1.165) is 0 Å². The fourth-order valence-electron chi connectivity index (χ4n) is 0.470. The van der Waals surface area contributed by atoms with Crippen LogP contribution in [0.5, 0.6) is 0 Å². The van der Waals surface area contributed by atoms with Gasteiger partial charge in [0.25, 0.3) is 0 Å². The van der Waals surface area contributed by atoms with E-state index in [-0.39, 0.29) is 20.4 Å². The number of hydrogen-bond acceptors (Lipinski definition) is 2. The molecule has 0 amide bonds. The van der Waals surface area contributed by atoms with E-state index in [1.54, 1.807) is 0 Å². The van der Waals surface area contributed by atoms with Gasteiger partial charge in [-0.25, -0.2) is 0 Å². The second-order valence-electron chi connectivity index (χ2n) is 1.42. The van der Waals surface area contributed by atoms with Crippen molar-refractivity contribution in [3.8, 4) is 12.1 Å².